The standard InChI is InChI=1S/C14H12F2N2OS/c15-10-5-6-13(12(16)7-10)20-8-9-3-1-2-4-11(9)14(19)18-17/h1-7H,8,17H2,(H,18,19). The maximum atomic E-state index is 13.5. The van der Waals surface area contributed by atoms with E-state index in [1.54, 1.807) is 24.3 Å². The second-order valence-electron chi connectivity index (χ2n) is 3.99. The number of benzene rings is 2. The first-order valence-corrected chi connectivity index (χ1v) is 6.77. The topological polar surface area (TPSA) is 55.1 Å². The van der Waals surface area contributed by atoms with E-state index in [9.17, 15) is 13.6 Å². The number of amides is 1. The summed E-state index contributed by atoms with van der Waals surface area (Å²) in [5.41, 5.74) is 3.23. The fourth-order valence-corrected chi connectivity index (χ4v) is 2.62. The Labute approximate surface area is 119 Å². The summed E-state index contributed by atoms with van der Waals surface area (Å²) in [5.74, 6) is 3.86. The van der Waals surface area contributed by atoms with Crippen molar-refractivity contribution in [1.82, 2.24) is 5.43 Å². The molecule has 0 fully saturated rings. The first kappa shape index (κ1) is 14.5. The van der Waals surface area contributed by atoms with Crippen LogP contribution >= 0.6 is 11.8 Å². The highest BCUT2D eigenvalue weighted by atomic mass is 32.2. The van der Waals surface area contributed by atoms with E-state index < -0.39 is 17.5 Å². The van der Waals surface area contributed by atoms with Crippen LogP contribution < -0.4 is 11.3 Å². The van der Waals surface area contributed by atoms with Gasteiger partial charge in [-0.25, -0.2) is 14.6 Å². The van der Waals surface area contributed by atoms with Gasteiger partial charge in [-0.1, -0.05) is 18.2 Å². The maximum Gasteiger partial charge on any atom is 0.265 e. The number of rotatable bonds is 4. The molecule has 0 radical (unpaired) electrons. The lowest BCUT2D eigenvalue weighted by molar-refractivity contribution is 0.0953. The molecule has 3 N–H and O–H groups in total. The summed E-state index contributed by atoms with van der Waals surface area (Å²) in [6, 6.07) is 10.3. The fourth-order valence-electron chi connectivity index (χ4n) is 1.69. The number of hydrogen-bond donors (Lipinski definition) is 2. The van der Waals surface area contributed by atoms with E-state index in [0.717, 1.165) is 11.6 Å². The predicted octanol–water partition coefficient (Wildman–Crippen LogP) is 2.86. The molecule has 0 aliphatic rings. The van der Waals surface area contributed by atoms with Crippen molar-refractivity contribution in [3.63, 3.8) is 0 Å². The molecule has 3 nitrogen and oxygen atoms in total. The van der Waals surface area contributed by atoms with Gasteiger partial charge in [-0.15, -0.1) is 11.8 Å². The summed E-state index contributed by atoms with van der Waals surface area (Å²) in [7, 11) is 0. The van der Waals surface area contributed by atoms with E-state index >= 15 is 0 Å². The molecule has 104 valence electrons. The number of carbonyl (C=O) groups excluding carboxylic acids is 1. The Morgan fingerprint density at radius 2 is 1.95 bits per heavy atom. The molecule has 0 aromatic heterocycles. The molecule has 0 aliphatic heterocycles. The molecular formula is C14H12F2N2OS. The molecule has 0 bridgehead atoms. The summed E-state index contributed by atoms with van der Waals surface area (Å²) < 4.78 is 26.3. The maximum absolute atomic E-state index is 13.5. The molecule has 0 aliphatic carbocycles. The predicted molar refractivity (Wildman–Crippen MR) is 74.0 cm³/mol. The second-order valence-corrected chi connectivity index (χ2v) is 5.01. The monoisotopic (exact) mass is 294 g/mol. The number of hydrogen-bond acceptors (Lipinski definition) is 3. The van der Waals surface area contributed by atoms with Gasteiger partial charge in [0, 0.05) is 22.3 Å². The van der Waals surface area contributed by atoms with Crippen molar-refractivity contribution in [2.75, 3.05) is 0 Å². The molecule has 2 aromatic rings. The number of nitrogen functional groups attached to an aromatic ring is 1. The third-order valence-electron chi connectivity index (χ3n) is 2.67. The lowest BCUT2D eigenvalue weighted by atomic mass is 10.1. The molecule has 6 heteroatoms. The Bertz CT molecular complexity index is 634. The molecule has 0 saturated heterocycles. The largest absolute Gasteiger partial charge is 0.290 e. The Kier molecular flexibility index (Phi) is 4.70. The molecule has 2 rings (SSSR count). The number of nitrogens with two attached hydrogens (primary N) is 1. The third kappa shape index (κ3) is 3.34. The van der Waals surface area contributed by atoms with Crippen molar-refractivity contribution in [2.45, 2.75) is 10.6 Å². The normalized spacial score (nSPS) is 10.3. The molecule has 0 atom stereocenters. The highest BCUT2D eigenvalue weighted by Gasteiger charge is 2.11. The Morgan fingerprint density at radius 1 is 1.20 bits per heavy atom. The highest BCUT2D eigenvalue weighted by molar-refractivity contribution is 7.98. The molecule has 0 saturated carbocycles. The third-order valence-corrected chi connectivity index (χ3v) is 3.77. The second kappa shape index (κ2) is 6.49. The van der Waals surface area contributed by atoms with Crippen LogP contribution in [0.1, 0.15) is 15.9 Å². The lowest BCUT2D eigenvalue weighted by Crippen LogP contribution is -2.30. The smallest absolute Gasteiger partial charge is 0.265 e. The fraction of sp³-hybridized carbons (Fsp3) is 0.0714. The molecule has 1 amide bonds. The van der Waals surface area contributed by atoms with Crippen LogP contribution in [-0.4, -0.2) is 5.91 Å². The van der Waals surface area contributed by atoms with E-state index in [0.29, 0.717) is 16.2 Å². The van der Waals surface area contributed by atoms with Gasteiger partial charge in [0.25, 0.3) is 5.91 Å². The zero-order valence-electron chi connectivity index (χ0n) is 10.4. The Hall–Kier alpha value is -1.92. The molecule has 0 heterocycles. The van der Waals surface area contributed by atoms with Gasteiger partial charge in [-0.3, -0.25) is 10.2 Å². The average molecular weight is 294 g/mol. The van der Waals surface area contributed by atoms with Gasteiger partial charge in [0.05, 0.1) is 0 Å². The molecule has 20 heavy (non-hydrogen) atoms. The zero-order valence-corrected chi connectivity index (χ0v) is 11.2. The minimum atomic E-state index is -0.616. The van der Waals surface area contributed by atoms with Gasteiger partial charge in [0.1, 0.15) is 11.6 Å². The summed E-state index contributed by atoms with van der Waals surface area (Å²) in [6.45, 7) is 0. The summed E-state index contributed by atoms with van der Waals surface area (Å²) in [4.78, 5) is 11.9. The number of hydrazine groups is 1. The van der Waals surface area contributed by atoms with Crippen LogP contribution in [0, 0.1) is 11.6 Å². The van der Waals surface area contributed by atoms with E-state index in [-0.39, 0.29) is 0 Å². The van der Waals surface area contributed by atoms with Crippen molar-refractivity contribution in [3.8, 4) is 0 Å². The van der Waals surface area contributed by atoms with Gasteiger partial charge in [0.15, 0.2) is 0 Å². The summed E-state index contributed by atoms with van der Waals surface area (Å²) in [6.07, 6.45) is 0. The number of halogens is 2. The average Bonchev–Trinajstić information content (AvgIpc) is 2.46. The minimum absolute atomic E-state index is 0.328. The van der Waals surface area contributed by atoms with Crippen molar-refractivity contribution in [1.29, 1.82) is 0 Å². The van der Waals surface area contributed by atoms with Crippen LogP contribution in [0.15, 0.2) is 47.4 Å². The van der Waals surface area contributed by atoms with Gasteiger partial charge in [-0.2, -0.15) is 0 Å². The lowest BCUT2D eigenvalue weighted by Gasteiger charge is -2.08. The molecule has 2 aromatic carbocycles. The number of thioether (sulfide) groups is 1. The van der Waals surface area contributed by atoms with E-state index in [2.05, 4.69) is 5.43 Å². The number of nitrogens with one attached hydrogen (secondary N) is 1. The highest BCUT2D eigenvalue weighted by Crippen LogP contribution is 2.27. The van der Waals surface area contributed by atoms with Gasteiger partial charge >= 0.3 is 0 Å². The van der Waals surface area contributed by atoms with Crippen molar-refractivity contribution >= 4 is 17.7 Å². The van der Waals surface area contributed by atoms with Crippen LogP contribution in [0.25, 0.3) is 0 Å². The van der Waals surface area contributed by atoms with Crippen molar-refractivity contribution < 1.29 is 13.6 Å². The SMILES string of the molecule is NNC(=O)c1ccccc1CSc1ccc(F)cc1F. The summed E-state index contributed by atoms with van der Waals surface area (Å²) >= 11 is 1.19. The van der Waals surface area contributed by atoms with Crippen LogP contribution in [0.5, 0.6) is 0 Å². The van der Waals surface area contributed by atoms with Gasteiger partial charge < -0.3 is 0 Å². The molecular weight excluding hydrogens is 282 g/mol. The van der Waals surface area contributed by atoms with Crippen LogP contribution in [0.3, 0.4) is 0 Å². The van der Waals surface area contributed by atoms with Gasteiger partial charge in [-0.05, 0) is 23.8 Å². The van der Waals surface area contributed by atoms with Crippen LogP contribution in [0.2, 0.25) is 0 Å². The van der Waals surface area contributed by atoms with E-state index in [1.807, 2.05) is 0 Å². The first-order chi connectivity index (χ1) is 9.61. The zero-order chi connectivity index (χ0) is 14.5. The number of carbonyl (C=O) groups is 1. The van der Waals surface area contributed by atoms with Crippen LogP contribution in [0.4, 0.5) is 8.78 Å². The first-order valence-electron chi connectivity index (χ1n) is 5.78. The van der Waals surface area contributed by atoms with E-state index in [1.165, 1.54) is 23.9 Å². The molecule has 0 unspecified atom stereocenters. The van der Waals surface area contributed by atoms with Crippen molar-refractivity contribution in [2.24, 2.45) is 5.84 Å². The summed E-state index contributed by atoms with van der Waals surface area (Å²) in [5, 5.41) is 0. The Balaban J connectivity index is 2.17. The Morgan fingerprint density at radius 3 is 2.65 bits per heavy atom. The minimum Gasteiger partial charge on any atom is -0.290 e. The molecule has 0 spiro atoms. The van der Waals surface area contributed by atoms with E-state index in [4.69, 9.17) is 5.84 Å². The van der Waals surface area contributed by atoms with Gasteiger partial charge in [0.2, 0.25) is 0 Å². The quantitative estimate of drug-likeness (QED) is 0.394. The van der Waals surface area contributed by atoms with Crippen LogP contribution in [-0.2, 0) is 5.75 Å². The van der Waals surface area contributed by atoms with Crippen molar-refractivity contribution in [3.05, 3.63) is 65.2 Å².